The highest BCUT2D eigenvalue weighted by Gasteiger charge is 2.16. The molecule has 6 nitrogen and oxygen atoms in total. The third-order valence-electron chi connectivity index (χ3n) is 2.13. The molecule has 0 spiro atoms. The van der Waals surface area contributed by atoms with E-state index in [-0.39, 0.29) is 17.1 Å². The van der Waals surface area contributed by atoms with Crippen molar-refractivity contribution in [2.75, 3.05) is 6.54 Å². The van der Waals surface area contributed by atoms with Gasteiger partial charge in [-0.3, -0.25) is 10.1 Å². The van der Waals surface area contributed by atoms with Gasteiger partial charge in [-0.25, -0.2) is 13.1 Å². The number of benzene rings is 1. The number of hydrogen-bond acceptors (Lipinski definition) is 4. The summed E-state index contributed by atoms with van der Waals surface area (Å²) in [5, 5.41) is 10.5. The lowest BCUT2D eigenvalue weighted by Gasteiger charge is -2.05. The summed E-state index contributed by atoms with van der Waals surface area (Å²) in [4.78, 5) is 9.78. The first kappa shape index (κ1) is 14.2. The minimum Gasteiger partial charge on any atom is -0.258 e. The van der Waals surface area contributed by atoms with Crippen LogP contribution in [0, 0.1) is 22.5 Å². The molecule has 0 fully saturated rings. The average Bonchev–Trinajstić information content (AvgIpc) is 2.35. The highest BCUT2D eigenvalue weighted by molar-refractivity contribution is 7.89. The van der Waals surface area contributed by atoms with Crippen molar-refractivity contribution in [3.05, 3.63) is 34.4 Å². The molecule has 0 aliphatic rings. The standard InChI is InChI=1S/C11H12N2O4S/c1-2-3-4-8-12-18(16,17)11-7-5-6-10(9-11)13(14)15/h1,5-7,9,12H,3-4,8H2. The highest BCUT2D eigenvalue weighted by atomic mass is 32.2. The summed E-state index contributed by atoms with van der Waals surface area (Å²) in [6, 6.07) is 4.88. The minimum atomic E-state index is -3.72. The summed E-state index contributed by atoms with van der Waals surface area (Å²) in [5.74, 6) is 2.39. The quantitative estimate of drug-likeness (QED) is 0.364. The highest BCUT2D eigenvalue weighted by Crippen LogP contribution is 2.16. The maximum atomic E-state index is 11.8. The van der Waals surface area contributed by atoms with E-state index in [0.29, 0.717) is 12.8 Å². The fraction of sp³-hybridized carbons (Fsp3) is 0.273. The maximum absolute atomic E-state index is 11.8. The molecule has 0 aliphatic heterocycles. The van der Waals surface area contributed by atoms with Crippen LogP contribution in [0.3, 0.4) is 0 Å². The van der Waals surface area contributed by atoms with Crippen LogP contribution in [0.15, 0.2) is 29.2 Å². The third-order valence-corrected chi connectivity index (χ3v) is 3.59. The van der Waals surface area contributed by atoms with Crippen LogP contribution in [0.5, 0.6) is 0 Å². The molecule has 0 atom stereocenters. The maximum Gasteiger partial charge on any atom is 0.270 e. The number of nitrogens with one attached hydrogen (secondary N) is 1. The van der Waals surface area contributed by atoms with Crippen molar-refractivity contribution >= 4 is 15.7 Å². The number of unbranched alkanes of at least 4 members (excludes halogenated alkanes) is 1. The first-order chi connectivity index (χ1) is 8.47. The lowest BCUT2D eigenvalue weighted by molar-refractivity contribution is -0.385. The Morgan fingerprint density at radius 3 is 2.78 bits per heavy atom. The van der Waals surface area contributed by atoms with Crippen molar-refractivity contribution < 1.29 is 13.3 Å². The van der Waals surface area contributed by atoms with Crippen LogP contribution in [0.4, 0.5) is 5.69 Å². The van der Waals surface area contributed by atoms with Gasteiger partial charge in [-0.1, -0.05) is 6.07 Å². The second kappa shape index (κ2) is 6.14. The Balaban J connectivity index is 2.82. The molecule has 1 aromatic carbocycles. The van der Waals surface area contributed by atoms with Gasteiger partial charge in [0.05, 0.1) is 9.82 Å². The van der Waals surface area contributed by atoms with Gasteiger partial charge in [-0.2, -0.15) is 0 Å². The lowest BCUT2D eigenvalue weighted by Crippen LogP contribution is -2.24. The molecule has 0 aliphatic carbocycles. The molecule has 96 valence electrons. The summed E-state index contributed by atoms with van der Waals surface area (Å²) in [6.07, 6.45) is 6.03. The smallest absolute Gasteiger partial charge is 0.258 e. The van der Waals surface area contributed by atoms with E-state index in [2.05, 4.69) is 10.6 Å². The number of hydrogen-bond donors (Lipinski definition) is 1. The van der Waals surface area contributed by atoms with Crippen molar-refractivity contribution in [1.29, 1.82) is 0 Å². The van der Waals surface area contributed by atoms with Crippen molar-refractivity contribution in [3.63, 3.8) is 0 Å². The second-order valence-corrected chi connectivity index (χ2v) is 5.23. The van der Waals surface area contributed by atoms with Crippen LogP contribution in [0.1, 0.15) is 12.8 Å². The largest absolute Gasteiger partial charge is 0.270 e. The fourth-order valence-corrected chi connectivity index (χ4v) is 2.36. The van der Waals surface area contributed by atoms with Gasteiger partial charge in [0.15, 0.2) is 0 Å². The van der Waals surface area contributed by atoms with Crippen molar-refractivity contribution in [2.45, 2.75) is 17.7 Å². The van der Waals surface area contributed by atoms with Gasteiger partial charge < -0.3 is 0 Å². The SMILES string of the molecule is C#CCCCNS(=O)(=O)c1cccc([N+](=O)[O-])c1. The zero-order chi connectivity index (χ0) is 13.6. The molecule has 0 unspecified atom stereocenters. The summed E-state index contributed by atoms with van der Waals surface area (Å²) in [7, 11) is -3.72. The van der Waals surface area contributed by atoms with E-state index < -0.39 is 14.9 Å². The zero-order valence-corrected chi connectivity index (χ0v) is 10.3. The van der Waals surface area contributed by atoms with Gasteiger partial charge in [0.2, 0.25) is 10.0 Å². The number of rotatable bonds is 6. The second-order valence-electron chi connectivity index (χ2n) is 3.46. The Labute approximate surface area is 105 Å². The minimum absolute atomic E-state index is 0.127. The number of nitro groups is 1. The molecule has 0 saturated carbocycles. The summed E-state index contributed by atoms with van der Waals surface area (Å²) >= 11 is 0. The lowest BCUT2D eigenvalue weighted by atomic mass is 10.3. The molecule has 0 saturated heterocycles. The molecule has 1 aromatic rings. The topological polar surface area (TPSA) is 89.3 Å². The summed E-state index contributed by atoms with van der Waals surface area (Å²) < 4.78 is 25.9. The Hall–Kier alpha value is -1.91. The van der Waals surface area contributed by atoms with Crippen LogP contribution >= 0.6 is 0 Å². The predicted octanol–water partition coefficient (Wildman–Crippen LogP) is 1.29. The molecule has 1 N–H and O–H groups in total. The van der Waals surface area contributed by atoms with E-state index in [0.717, 1.165) is 6.07 Å². The van der Waals surface area contributed by atoms with E-state index in [1.165, 1.54) is 18.2 Å². The number of terminal acetylenes is 1. The molecule has 0 amide bonds. The fourth-order valence-electron chi connectivity index (χ4n) is 1.24. The number of nitrogens with zero attached hydrogens (tertiary/aromatic N) is 1. The van der Waals surface area contributed by atoms with Crippen LogP contribution < -0.4 is 4.72 Å². The van der Waals surface area contributed by atoms with Gasteiger partial charge in [-0.05, 0) is 12.5 Å². The van der Waals surface area contributed by atoms with E-state index >= 15 is 0 Å². The average molecular weight is 268 g/mol. The van der Waals surface area contributed by atoms with E-state index in [9.17, 15) is 18.5 Å². The van der Waals surface area contributed by atoms with Crippen LogP contribution in [-0.4, -0.2) is 19.9 Å². The van der Waals surface area contributed by atoms with Crippen LogP contribution in [0.2, 0.25) is 0 Å². The molecule has 18 heavy (non-hydrogen) atoms. The summed E-state index contributed by atoms with van der Waals surface area (Å²) in [6.45, 7) is 0.204. The number of non-ortho nitro benzene ring substituents is 1. The molecule has 0 aromatic heterocycles. The Morgan fingerprint density at radius 1 is 1.44 bits per heavy atom. The summed E-state index contributed by atoms with van der Waals surface area (Å²) in [5.41, 5.74) is -0.263. The van der Waals surface area contributed by atoms with Crippen LogP contribution in [-0.2, 0) is 10.0 Å². The number of sulfonamides is 1. The van der Waals surface area contributed by atoms with Crippen molar-refractivity contribution in [1.82, 2.24) is 4.72 Å². The Kier molecular flexibility index (Phi) is 4.83. The molecular weight excluding hydrogens is 256 g/mol. The third kappa shape index (κ3) is 3.84. The Bertz CT molecular complexity index is 575. The molecule has 7 heteroatoms. The monoisotopic (exact) mass is 268 g/mol. The van der Waals surface area contributed by atoms with Crippen molar-refractivity contribution in [3.8, 4) is 12.3 Å². The first-order valence-corrected chi connectivity index (χ1v) is 6.63. The van der Waals surface area contributed by atoms with Gasteiger partial charge in [0.25, 0.3) is 5.69 Å². The van der Waals surface area contributed by atoms with Gasteiger partial charge in [0.1, 0.15) is 0 Å². The molecular formula is C11H12N2O4S. The van der Waals surface area contributed by atoms with Crippen LogP contribution in [0.25, 0.3) is 0 Å². The molecule has 0 heterocycles. The normalized spacial score (nSPS) is 10.8. The van der Waals surface area contributed by atoms with E-state index in [1.807, 2.05) is 0 Å². The van der Waals surface area contributed by atoms with E-state index in [4.69, 9.17) is 6.42 Å². The molecule has 0 bridgehead atoms. The number of nitro benzene ring substituents is 1. The van der Waals surface area contributed by atoms with Gasteiger partial charge in [-0.15, -0.1) is 12.3 Å². The molecule has 1 rings (SSSR count). The molecule has 0 radical (unpaired) electrons. The zero-order valence-electron chi connectivity index (χ0n) is 9.50. The van der Waals surface area contributed by atoms with Gasteiger partial charge in [0, 0.05) is 25.1 Å². The Morgan fingerprint density at radius 2 is 2.17 bits per heavy atom. The predicted molar refractivity (Wildman–Crippen MR) is 66.4 cm³/mol. The first-order valence-electron chi connectivity index (χ1n) is 5.15. The van der Waals surface area contributed by atoms with Crippen molar-refractivity contribution in [2.24, 2.45) is 0 Å². The van der Waals surface area contributed by atoms with E-state index in [1.54, 1.807) is 0 Å². The van der Waals surface area contributed by atoms with Gasteiger partial charge >= 0.3 is 0 Å².